The lowest BCUT2D eigenvalue weighted by Gasteiger charge is -2.15. The Morgan fingerprint density at radius 3 is 2.43 bits per heavy atom. The summed E-state index contributed by atoms with van der Waals surface area (Å²) in [4.78, 5) is 12.6. The van der Waals surface area contributed by atoms with Gasteiger partial charge in [0.2, 0.25) is 0 Å². The van der Waals surface area contributed by atoms with Gasteiger partial charge in [0.15, 0.2) is 0 Å². The van der Waals surface area contributed by atoms with Crippen LogP contribution in [0.25, 0.3) is 10.8 Å². The summed E-state index contributed by atoms with van der Waals surface area (Å²) in [5.41, 5.74) is 2.05. The molecule has 0 aliphatic rings. The van der Waals surface area contributed by atoms with E-state index in [4.69, 9.17) is 0 Å². The van der Waals surface area contributed by atoms with Gasteiger partial charge in [-0.1, -0.05) is 66.7 Å². The maximum Gasteiger partial charge on any atom is 0.252 e. The van der Waals surface area contributed by atoms with Gasteiger partial charge in [-0.25, -0.2) is 0 Å². The van der Waals surface area contributed by atoms with Gasteiger partial charge in [0.25, 0.3) is 5.91 Å². The van der Waals surface area contributed by atoms with E-state index in [0.29, 0.717) is 0 Å². The first-order valence-electron chi connectivity index (χ1n) is 8.06. The number of hydrogen-bond acceptors (Lipinski definition) is 1. The number of rotatable bonds is 5. The Morgan fingerprint density at radius 1 is 0.913 bits per heavy atom. The maximum atomic E-state index is 12.6. The highest BCUT2D eigenvalue weighted by Gasteiger charge is 2.12. The molecular formula is C21H21NO. The van der Waals surface area contributed by atoms with Crippen LogP contribution >= 0.6 is 0 Å². The van der Waals surface area contributed by atoms with Gasteiger partial charge in [-0.2, -0.15) is 0 Å². The van der Waals surface area contributed by atoms with Crippen LogP contribution in [0.2, 0.25) is 0 Å². The quantitative estimate of drug-likeness (QED) is 0.734. The molecule has 116 valence electrons. The third-order valence-electron chi connectivity index (χ3n) is 4.12. The van der Waals surface area contributed by atoms with E-state index in [9.17, 15) is 4.79 Å². The minimum Gasteiger partial charge on any atom is -0.350 e. The molecule has 23 heavy (non-hydrogen) atoms. The van der Waals surface area contributed by atoms with Gasteiger partial charge in [0.05, 0.1) is 0 Å². The average molecular weight is 303 g/mol. The zero-order valence-corrected chi connectivity index (χ0v) is 13.3. The molecule has 1 amide bonds. The van der Waals surface area contributed by atoms with Gasteiger partial charge >= 0.3 is 0 Å². The van der Waals surface area contributed by atoms with E-state index in [-0.39, 0.29) is 11.9 Å². The second-order valence-electron chi connectivity index (χ2n) is 5.93. The lowest BCUT2D eigenvalue weighted by molar-refractivity contribution is 0.0940. The van der Waals surface area contributed by atoms with Crippen LogP contribution in [0.5, 0.6) is 0 Å². The van der Waals surface area contributed by atoms with Crippen molar-refractivity contribution < 1.29 is 4.79 Å². The van der Waals surface area contributed by atoms with Crippen molar-refractivity contribution in [2.45, 2.75) is 25.8 Å². The fourth-order valence-corrected chi connectivity index (χ4v) is 2.82. The maximum absolute atomic E-state index is 12.6. The molecule has 0 aliphatic heterocycles. The molecule has 0 aromatic heterocycles. The molecule has 0 bridgehead atoms. The van der Waals surface area contributed by atoms with E-state index in [1.165, 1.54) is 5.56 Å². The molecule has 2 heteroatoms. The van der Waals surface area contributed by atoms with Crippen LogP contribution in [0.1, 0.15) is 29.3 Å². The van der Waals surface area contributed by atoms with E-state index in [0.717, 1.165) is 29.2 Å². The van der Waals surface area contributed by atoms with Gasteiger partial charge in [0, 0.05) is 11.6 Å². The predicted octanol–water partition coefficient (Wildman–Crippen LogP) is 4.59. The summed E-state index contributed by atoms with van der Waals surface area (Å²) >= 11 is 0. The van der Waals surface area contributed by atoms with Gasteiger partial charge in [-0.05, 0) is 42.2 Å². The first-order valence-corrected chi connectivity index (χ1v) is 8.06. The molecule has 2 nitrogen and oxygen atoms in total. The second kappa shape index (κ2) is 7.10. The zero-order chi connectivity index (χ0) is 16.1. The first-order chi connectivity index (χ1) is 11.2. The Bertz CT molecular complexity index is 790. The van der Waals surface area contributed by atoms with Crippen molar-refractivity contribution in [1.82, 2.24) is 5.32 Å². The van der Waals surface area contributed by atoms with Crippen molar-refractivity contribution in [3.05, 3.63) is 83.9 Å². The summed E-state index contributed by atoms with van der Waals surface area (Å²) < 4.78 is 0. The Balaban J connectivity index is 1.66. The van der Waals surface area contributed by atoms with Crippen LogP contribution in [0.4, 0.5) is 0 Å². The van der Waals surface area contributed by atoms with E-state index in [1.807, 2.05) is 48.5 Å². The summed E-state index contributed by atoms with van der Waals surface area (Å²) in [5.74, 6) is 0.00219. The third kappa shape index (κ3) is 3.78. The first kappa shape index (κ1) is 15.3. The number of amides is 1. The standard InChI is InChI=1S/C21H21NO/c1-16(14-15-17-8-3-2-4-9-17)22-21(23)20-13-7-11-18-10-5-6-12-19(18)20/h2-13,16H,14-15H2,1H3,(H,22,23)/t16-/m1/s1. The molecule has 3 aromatic carbocycles. The molecule has 3 aromatic rings. The average Bonchev–Trinajstić information content (AvgIpc) is 2.60. The van der Waals surface area contributed by atoms with Crippen LogP contribution in [-0.2, 0) is 6.42 Å². The molecule has 0 fully saturated rings. The summed E-state index contributed by atoms with van der Waals surface area (Å²) in [6.07, 6.45) is 1.90. The highest BCUT2D eigenvalue weighted by molar-refractivity contribution is 6.07. The lowest BCUT2D eigenvalue weighted by atomic mass is 10.0. The summed E-state index contributed by atoms with van der Waals surface area (Å²) in [5, 5.41) is 5.22. The molecule has 0 saturated carbocycles. The highest BCUT2D eigenvalue weighted by Crippen LogP contribution is 2.18. The van der Waals surface area contributed by atoms with Crippen molar-refractivity contribution in [1.29, 1.82) is 0 Å². The molecule has 3 rings (SSSR count). The summed E-state index contributed by atoms with van der Waals surface area (Å²) in [7, 11) is 0. The van der Waals surface area contributed by atoms with E-state index >= 15 is 0 Å². The normalized spacial score (nSPS) is 12.0. The largest absolute Gasteiger partial charge is 0.350 e. The van der Waals surface area contributed by atoms with Crippen molar-refractivity contribution in [2.24, 2.45) is 0 Å². The smallest absolute Gasteiger partial charge is 0.252 e. The highest BCUT2D eigenvalue weighted by atomic mass is 16.1. The third-order valence-corrected chi connectivity index (χ3v) is 4.12. The van der Waals surface area contributed by atoms with Gasteiger partial charge in [-0.15, -0.1) is 0 Å². The number of nitrogens with one attached hydrogen (secondary N) is 1. The van der Waals surface area contributed by atoms with Crippen molar-refractivity contribution in [2.75, 3.05) is 0 Å². The molecule has 0 saturated heterocycles. The van der Waals surface area contributed by atoms with Crippen molar-refractivity contribution in [3.8, 4) is 0 Å². The molecule has 0 aliphatic carbocycles. The summed E-state index contributed by atoms with van der Waals surface area (Å²) in [6, 6.07) is 24.4. The van der Waals surface area contributed by atoms with Crippen LogP contribution < -0.4 is 5.32 Å². The molecule has 1 atom stereocenters. The van der Waals surface area contributed by atoms with Gasteiger partial charge in [0.1, 0.15) is 0 Å². The Kier molecular flexibility index (Phi) is 4.72. The predicted molar refractivity (Wildman–Crippen MR) is 95.6 cm³/mol. The molecule has 1 N–H and O–H groups in total. The minimum absolute atomic E-state index is 0.00219. The van der Waals surface area contributed by atoms with E-state index in [1.54, 1.807) is 0 Å². The van der Waals surface area contributed by atoms with Gasteiger partial charge < -0.3 is 5.32 Å². The van der Waals surface area contributed by atoms with Crippen LogP contribution in [0, 0.1) is 0 Å². The Labute approximate surface area is 137 Å². The van der Waals surface area contributed by atoms with Gasteiger partial charge in [-0.3, -0.25) is 4.79 Å². The minimum atomic E-state index is 0.00219. The SMILES string of the molecule is C[C@H](CCc1ccccc1)NC(=O)c1cccc2ccccc12. The molecule has 0 spiro atoms. The van der Waals surface area contributed by atoms with Crippen molar-refractivity contribution >= 4 is 16.7 Å². The number of benzene rings is 3. The monoisotopic (exact) mass is 303 g/mol. The topological polar surface area (TPSA) is 29.1 Å². The zero-order valence-electron chi connectivity index (χ0n) is 13.3. The molecule has 0 heterocycles. The Hall–Kier alpha value is -2.61. The number of carbonyl (C=O) groups excluding carboxylic acids is 1. The fraction of sp³-hybridized carbons (Fsp3) is 0.190. The fourth-order valence-electron chi connectivity index (χ4n) is 2.82. The number of hydrogen-bond donors (Lipinski definition) is 1. The molecular weight excluding hydrogens is 282 g/mol. The Morgan fingerprint density at radius 2 is 1.61 bits per heavy atom. The number of fused-ring (bicyclic) bond motifs is 1. The van der Waals surface area contributed by atoms with Crippen LogP contribution in [0.15, 0.2) is 72.8 Å². The molecule has 0 radical (unpaired) electrons. The van der Waals surface area contributed by atoms with E-state index in [2.05, 4.69) is 36.5 Å². The second-order valence-corrected chi connectivity index (χ2v) is 5.93. The lowest BCUT2D eigenvalue weighted by Crippen LogP contribution is -2.33. The van der Waals surface area contributed by atoms with Crippen LogP contribution in [-0.4, -0.2) is 11.9 Å². The molecule has 0 unspecified atom stereocenters. The summed E-state index contributed by atoms with van der Waals surface area (Å²) in [6.45, 7) is 2.06. The van der Waals surface area contributed by atoms with Crippen molar-refractivity contribution in [3.63, 3.8) is 0 Å². The van der Waals surface area contributed by atoms with Crippen LogP contribution in [0.3, 0.4) is 0 Å². The van der Waals surface area contributed by atoms with E-state index < -0.39 is 0 Å². The number of carbonyl (C=O) groups is 1. The number of aryl methyl sites for hydroxylation is 1.